The Labute approximate surface area is 205 Å². The average molecular weight is 474 g/mol. The van der Waals surface area contributed by atoms with Gasteiger partial charge in [-0.15, -0.1) is 0 Å². The van der Waals surface area contributed by atoms with Crippen LogP contribution in [0, 0.1) is 12.3 Å². The summed E-state index contributed by atoms with van der Waals surface area (Å²) in [6.07, 6.45) is 7.42. The van der Waals surface area contributed by atoms with Crippen LogP contribution < -0.4 is 4.90 Å². The number of benzene rings is 1. The lowest BCUT2D eigenvalue weighted by molar-refractivity contribution is -0.129. The average Bonchev–Trinajstić information content (AvgIpc) is 3.30. The van der Waals surface area contributed by atoms with Crippen LogP contribution in [0.15, 0.2) is 48.9 Å². The fourth-order valence-electron chi connectivity index (χ4n) is 5.00. The number of aryl methyl sites for hydroxylation is 2. The Kier molecular flexibility index (Phi) is 6.05. The Morgan fingerprint density at radius 1 is 1.17 bits per heavy atom. The highest BCUT2D eigenvalue weighted by Crippen LogP contribution is 2.37. The van der Waals surface area contributed by atoms with Crippen molar-refractivity contribution in [2.24, 2.45) is 5.41 Å². The van der Waals surface area contributed by atoms with Crippen LogP contribution >= 0.6 is 0 Å². The quantitative estimate of drug-likeness (QED) is 0.540. The van der Waals surface area contributed by atoms with Crippen molar-refractivity contribution in [3.05, 3.63) is 65.6 Å². The lowest BCUT2D eigenvalue weighted by Crippen LogP contribution is -2.59. The molecule has 1 fully saturated rings. The van der Waals surface area contributed by atoms with Crippen LogP contribution in [0.25, 0.3) is 11.1 Å². The lowest BCUT2D eigenvalue weighted by Gasteiger charge is -2.47. The molecule has 0 bridgehead atoms. The van der Waals surface area contributed by atoms with E-state index >= 15 is 0 Å². The lowest BCUT2D eigenvalue weighted by atomic mass is 9.76. The van der Waals surface area contributed by atoms with Crippen molar-refractivity contribution in [3.8, 4) is 0 Å². The van der Waals surface area contributed by atoms with Gasteiger partial charge in [0.05, 0.1) is 12.5 Å². The zero-order valence-electron chi connectivity index (χ0n) is 20.5. The summed E-state index contributed by atoms with van der Waals surface area (Å²) >= 11 is 0. The van der Waals surface area contributed by atoms with Crippen LogP contribution in [0.4, 0.5) is 10.6 Å². The molecule has 2 aliphatic heterocycles. The minimum Gasteiger partial charge on any atom is -0.453 e. The van der Waals surface area contributed by atoms with Crippen LogP contribution in [0.3, 0.4) is 0 Å². The van der Waals surface area contributed by atoms with Gasteiger partial charge in [0.15, 0.2) is 5.82 Å². The van der Waals surface area contributed by atoms with Gasteiger partial charge in [0.25, 0.3) is 0 Å². The molecule has 0 spiro atoms. The van der Waals surface area contributed by atoms with E-state index in [1.807, 2.05) is 10.7 Å². The molecule has 2 aromatic heterocycles. The number of anilines is 1. The first-order valence-corrected chi connectivity index (χ1v) is 12.1. The van der Waals surface area contributed by atoms with Crippen LogP contribution in [-0.2, 0) is 16.0 Å². The highest BCUT2D eigenvalue weighted by atomic mass is 16.5. The largest absolute Gasteiger partial charge is 0.453 e. The summed E-state index contributed by atoms with van der Waals surface area (Å²) in [5.74, 6) is 1.15. The first-order chi connectivity index (χ1) is 16.9. The number of fused-ring (bicyclic) bond motifs is 1. The number of carbonyl (C=O) groups is 2. The zero-order valence-corrected chi connectivity index (χ0v) is 20.5. The minimum absolute atomic E-state index is 0.301. The standard InChI is InChI=1S/C27H31N5O3/c1-19-4-6-20(7-5-19)8-9-24(33)27(2)16-31(17-27)25-23-14-22(15-32(23)29-18-28-25)21-10-12-30(13-11-21)26(34)35-3/h4-7,10,14-15,18H,8-9,11-13,16-17H2,1-3H3. The summed E-state index contributed by atoms with van der Waals surface area (Å²) in [5, 5.41) is 4.40. The van der Waals surface area contributed by atoms with E-state index in [-0.39, 0.29) is 11.5 Å². The first-order valence-electron chi connectivity index (χ1n) is 12.1. The second kappa shape index (κ2) is 9.17. The second-order valence-electron chi connectivity index (χ2n) is 9.86. The van der Waals surface area contributed by atoms with E-state index < -0.39 is 0 Å². The van der Waals surface area contributed by atoms with Crippen molar-refractivity contribution in [1.29, 1.82) is 0 Å². The second-order valence-corrected chi connectivity index (χ2v) is 9.86. The summed E-state index contributed by atoms with van der Waals surface area (Å²) in [4.78, 5) is 33.2. The minimum atomic E-state index is -0.356. The maximum Gasteiger partial charge on any atom is 0.409 e. The molecule has 182 valence electrons. The van der Waals surface area contributed by atoms with E-state index in [9.17, 15) is 9.59 Å². The van der Waals surface area contributed by atoms with Crippen LogP contribution in [0.1, 0.15) is 36.5 Å². The number of methoxy groups -OCH3 is 1. The molecule has 8 nitrogen and oxygen atoms in total. The van der Waals surface area contributed by atoms with Gasteiger partial charge in [0.1, 0.15) is 17.6 Å². The van der Waals surface area contributed by atoms with Crippen molar-refractivity contribution in [1.82, 2.24) is 19.5 Å². The maximum absolute atomic E-state index is 13.0. The van der Waals surface area contributed by atoms with Crippen LogP contribution in [0.5, 0.6) is 0 Å². The molecule has 35 heavy (non-hydrogen) atoms. The molecule has 0 atom stereocenters. The van der Waals surface area contributed by atoms with Gasteiger partial charge in [-0.05, 0) is 49.5 Å². The Balaban J connectivity index is 1.26. The van der Waals surface area contributed by atoms with E-state index in [1.54, 1.807) is 11.2 Å². The van der Waals surface area contributed by atoms with Crippen LogP contribution in [0.2, 0.25) is 0 Å². The van der Waals surface area contributed by atoms with E-state index in [0.29, 0.717) is 38.4 Å². The third-order valence-electron chi connectivity index (χ3n) is 7.21. The van der Waals surface area contributed by atoms with E-state index in [0.717, 1.165) is 29.7 Å². The van der Waals surface area contributed by atoms with Crippen molar-refractivity contribution in [3.63, 3.8) is 0 Å². The first kappa shape index (κ1) is 23.1. The molecule has 0 N–H and O–H groups in total. The molecule has 3 aromatic rings. The topological polar surface area (TPSA) is 80.0 Å². The highest BCUT2D eigenvalue weighted by Gasteiger charge is 2.45. The summed E-state index contributed by atoms with van der Waals surface area (Å²) in [6.45, 7) is 6.60. The summed E-state index contributed by atoms with van der Waals surface area (Å²) in [5.41, 5.74) is 5.26. The predicted molar refractivity (Wildman–Crippen MR) is 134 cm³/mol. The molecule has 1 aromatic carbocycles. The zero-order chi connectivity index (χ0) is 24.6. The molecule has 1 amide bonds. The molecular weight excluding hydrogens is 442 g/mol. The van der Waals surface area contributed by atoms with Gasteiger partial charge in [0, 0.05) is 38.8 Å². The number of hydrogen-bond donors (Lipinski definition) is 0. The van der Waals surface area contributed by atoms with E-state index in [4.69, 9.17) is 4.74 Å². The summed E-state index contributed by atoms with van der Waals surface area (Å²) in [7, 11) is 1.40. The normalized spacial score (nSPS) is 17.2. The molecule has 1 saturated heterocycles. The van der Waals surface area contributed by atoms with Crippen molar-refractivity contribution in [2.75, 3.05) is 38.2 Å². The molecular formula is C27H31N5O3. The number of hydrogen-bond acceptors (Lipinski definition) is 6. The van der Waals surface area contributed by atoms with Gasteiger partial charge >= 0.3 is 6.09 Å². The molecule has 0 saturated carbocycles. The number of carbonyl (C=O) groups excluding carboxylic acids is 2. The molecule has 0 aliphatic carbocycles. The van der Waals surface area contributed by atoms with Gasteiger partial charge in [-0.2, -0.15) is 5.10 Å². The van der Waals surface area contributed by atoms with Gasteiger partial charge in [0.2, 0.25) is 0 Å². The fourth-order valence-corrected chi connectivity index (χ4v) is 5.00. The molecule has 4 heterocycles. The molecule has 8 heteroatoms. The summed E-state index contributed by atoms with van der Waals surface area (Å²) < 4.78 is 6.67. The Hall–Kier alpha value is -3.68. The number of ether oxygens (including phenoxy) is 1. The van der Waals surface area contributed by atoms with Crippen molar-refractivity contribution < 1.29 is 14.3 Å². The van der Waals surface area contributed by atoms with Crippen molar-refractivity contribution in [2.45, 2.75) is 33.1 Å². The molecule has 2 aliphatic rings. The molecule has 0 unspecified atom stereocenters. The number of aromatic nitrogens is 3. The van der Waals surface area contributed by atoms with Gasteiger partial charge in [-0.3, -0.25) is 4.79 Å². The van der Waals surface area contributed by atoms with E-state index in [2.05, 4.69) is 65.2 Å². The maximum atomic E-state index is 13.0. The van der Waals surface area contributed by atoms with Crippen molar-refractivity contribution >= 4 is 28.8 Å². The fraction of sp³-hybridized carbons (Fsp3) is 0.407. The van der Waals surface area contributed by atoms with Gasteiger partial charge in [-0.1, -0.05) is 35.9 Å². The number of ketones is 1. The summed E-state index contributed by atoms with van der Waals surface area (Å²) in [6, 6.07) is 10.5. The highest BCUT2D eigenvalue weighted by molar-refractivity contribution is 5.89. The Morgan fingerprint density at radius 2 is 1.94 bits per heavy atom. The smallest absolute Gasteiger partial charge is 0.409 e. The monoisotopic (exact) mass is 473 g/mol. The van der Waals surface area contributed by atoms with Crippen LogP contribution in [-0.4, -0.2) is 64.7 Å². The number of nitrogens with zero attached hydrogens (tertiary/aromatic N) is 5. The number of amides is 1. The van der Waals surface area contributed by atoms with Gasteiger partial charge < -0.3 is 14.5 Å². The number of rotatable bonds is 6. The molecule has 0 radical (unpaired) electrons. The Bertz CT molecular complexity index is 1290. The number of Topliss-reactive ketones (excluding diaryl/α,β-unsaturated/α-hetero) is 1. The molecule has 5 rings (SSSR count). The van der Waals surface area contributed by atoms with Gasteiger partial charge in [-0.25, -0.2) is 14.3 Å². The SMILES string of the molecule is COC(=O)N1CC=C(c2cc3c(N4CC(C)(C(=O)CCc5ccc(C)cc5)C4)ncnn3c2)CC1. The Morgan fingerprint density at radius 3 is 2.63 bits per heavy atom. The third-order valence-corrected chi connectivity index (χ3v) is 7.21. The third kappa shape index (κ3) is 4.52. The van der Waals surface area contributed by atoms with E-state index in [1.165, 1.54) is 23.8 Å². The predicted octanol–water partition coefficient (Wildman–Crippen LogP) is 3.92.